The van der Waals surface area contributed by atoms with Crippen molar-refractivity contribution >= 4 is 0 Å². The number of phenolic OH excluding ortho intramolecular Hbond substituents is 1. The zero-order valence-corrected chi connectivity index (χ0v) is 12.9. The van der Waals surface area contributed by atoms with Gasteiger partial charge in [0.15, 0.2) is 0 Å². The molecule has 1 aromatic carbocycles. The highest BCUT2D eigenvalue weighted by Gasteiger charge is 2.52. The number of hydrogen-bond acceptors (Lipinski definition) is 4. The maximum absolute atomic E-state index is 10.6. The third kappa shape index (κ3) is 1.94. The molecular weight excluding hydrogens is 256 g/mol. The van der Waals surface area contributed by atoms with Crippen molar-refractivity contribution in [2.24, 2.45) is 0 Å². The van der Waals surface area contributed by atoms with Crippen LogP contribution in [0.3, 0.4) is 0 Å². The first-order chi connectivity index (χ1) is 9.15. The second kappa shape index (κ2) is 4.72. The molecule has 0 radical (unpaired) electrons. The van der Waals surface area contributed by atoms with E-state index < -0.39 is 11.2 Å². The van der Waals surface area contributed by atoms with E-state index >= 15 is 0 Å². The molecule has 0 heterocycles. The second-order valence-electron chi connectivity index (χ2n) is 6.20. The Kier molecular flexibility index (Phi) is 3.61. The van der Waals surface area contributed by atoms with E-state index in [2.05, 4.69) is 0 Å². The fraction of sp³-hybridized carbons (Fsp3) is 0.625. The highest BCUT2D eigenvalue weighted by atomic mass is 16.5. The van der Waals surface area contributed by atoms with Gasteiger partial charge in [-0.05, 0) is 56.4 Å². The number of rotatable bonds is 3. The van der Waals surface area contributed by atoms with Crippen molar-refractivity contribution in [3.8, 4) is 5.75 Å². The van der Waals surface area contributed by atoms with Gasteiger partial charge in [0.2, 0.25) is 0 Å². The molecule has 0 spiro atoms. The molecule has 3 N–H and O–H groups in total. The molecule has 4 nitrogen and oxygen atoms in total. The summed E-state index contributed by atoms with van der Waals surface area (Å²) in [5.74, 6) is 0.0967. The van der Waals surface area contributed by atoms with Crippen LogP contribution in [-0.2, 0) is 23.2 Å². The average molecular weight is 280 g/mol. The smallest absolute Gasteiger partial charge is 0.125 e. The van der Waals surface area contributed by atoms with E-state index in [0.717, 1.165) is 22.3 Å². The van der Waals surface area contributed by atoms with E-state index in [0.29, 0.717) is 25.0 Å². The van der Waals surface area contributed by atoms with Crippen LogP contribution in [0.5, 0.6) is 5.75 Å². The van der Waals surface area contributed by atoms with Gasteiger partial charge in [0.25, 0.3) is 0 Å². The predicted octanol–water partition coefficient (Wildman–Crippen LogP) is 1.71. The van der Waals surface area contributed by atoms with Gasteiger partial charge in [-0.25, -0.2) is 0 Å². The van der Waals surface area contributed by atoms with Gasteiger partial charge in [-0.1, -0.05) is 0 Å². The molecule has 0 fully saturated rings. The van der Waals surface area contributed by atoms with Crippen molar-refractivity contribution in [1.29, 1.82) is 0 Å². The van der Waals surface area contributed by atoms with Crippen LogP contribution in [0, 0.1) is 13.8 Å². The van der Waals surface area contributed by atoms with Crippen molar-refractivity contribution in [2.45, 2.75) is 51.7 Å². The number of hydrogen-bond donors (Lipinski definition) is 3. The van der Waals surface area contributed by atoms with Crippen LogP contribution in [0.2, 0.25) is 0 Å². The number of aromatic hydroxyl groups is 1. The van der Waals surface area contributed by atoms with Crippen LogP contribution in [0.1, 0.15) is 41.7 Å². The monoisotopic (exact) mass is 280 g/mol. The first-order valence-corrected chi connectivity index (χ1v) is 6.93. The number of aliphatic hydroxyl groups is 2. The number of benzene rings is 1. The molecule has 0 aromatic heterocycles. The van der Waals surface area contributed by atoms with Crippen LogP contribution in [0.25, 0.3) is 0 Å². The zero-order chi connectivity index (χ0) is 15.3. The van der Waals surface area contributed by atoms with Crippen LogP contribution >= 0.6 is 0 Å². The largest absolute Gasteiger partial charge is 0.507 e. The molecule has 1 aromatic rings. The van der Waals surface area contributed by atoms with Crippen LogP contribution in [0.15, 0.2) is 0 Å². The summed E-state index contributed by atoms with van der Waals surface area (Å²) in [5, 5.41) is 31.6. The second-order valence-corrected chi connectivity index (χ2v) is 6.20. The average Bonchev–Trinajstić information content (AvgIpc) is 2.54. The highest BCUT2D eigenvalue weighted by molar-refractivity contribution is 5.60. The van der Waals surface area contributed by atoms with Gasteiger partial charge in [-0.15, -0.1) is 0 Å². The van der Waals surface area contributed by atoms with Gasteiger partial charge in [-0.3, -0.25) is 0 Å². The number of methoxy groups -OCH3 is 1. The van der Waals surface area contributed by atoms with Crippen LogP contribution < -0.4 is 0 Å². The Hall–Kier alpha value is -1.10. The van der Waals surface area contributed by atoms with E-state index in [9.17, 15) is 15.3 Å². The highest BCUT2D eigenvalue weighted by Crippen LogP contribution is 2.51. The summed E-state index contributed by atoms with van der Waals surface area (Å²) in [6, 6.07) is 0. The Morgan fingerprint density at radius 2 is 1.75 bits per heavy atom. The van der Waals surface area contributed by atoms with E-state index in [-0.39, 0.29) is 5.75 Å². The summed E-state index contributed by atoms with van der Waals surface area (Å²) in [7, 11) is 1.65. The first-order valence-electron chi connectivity index (χ1n) is 6.93. The summed E-state index contributed by atoms with van der Waals surface area (Å²) in [6.45, 7) is 7.57. The molecule has 20 heavy (non-hydrogen) atoms. The molecule has 112 valence electrons. The minimum absolute atomic E-state index is 0.0967. The summed E-state index contributed by atoms with van der Waals surface area (Å²) < 4.78 is 5.12. The molecule has 4 heteroatoms. The molecule has 0 saturated carbocycles. The SMILES string of the molecule is COCCc1c(C)c(O)c2c(c1C)C[C@@](C)(O)[C@@]2(C)O. The van der Waals surface area contributed by atoms with E-state index in [4.69, 9.17) is 4.74 Å². The molecule has 1 aliphatic rings. The van der Waals surface area contributed by atoms with Crippen LogP contribution in [-0.4, -0.2) is 34.6 Å². The summed E-state index contributed by atoms with van der Waals surface area (Å²) in [5.41, 5.74) is 1.44. The topological polar surface area (TPSA) is 69.9 Å². The summed E-state index contributed by atoms with van der Waals surface area (Å²) in [6.07, 6.45) is 1.05. The van der Waals surface area contributed by atoms with E-state index in [1.165, 1.54) is 0 Å². The molecule has 0 saturated heterocycles. The number of phenols is 1. The fourth-order valence-corrected chi connectivity index (χ4v) is 3.23. The van der Waals surface area contributed by atoms with E-state index in [1.807, 2.05) is 13.8 Å². The minimum Gasteiger partial charge on any atom is -0.507 e. The first kappa shape index (κ1) is 15.3. The van der Waals surface area contributed by atoms with Crippen LogP contribution in [0.4, 0.5) is 0 Å². The third-order valence-electron chi connectivity index (χ3n) is 4.86. The van der Waals surface area contributed by atoms with Crippen molar-refractivity contribution in [1.82, 2.24) is 0 Å². The van der Waals surface area contributed by atoms with Gasteiger partial charge < -0.3 is 20.1 Å². The molecule has 0 bridgehead atoms. The lowest BCUT2D eigenvalue weighted by atomic mass is 9.84. The Labute approximate surface area is 120 Å². The normalized spacial score (nSPS) is 28.8. The molecular formula is C16H24O4. The van der Waals surface area contributed by atoms with Crippen molar-refractivity contribution in [2.75, 3.05) is 13.7 Å². The number of ether oxygens (including phenoxy) is 1. The maximum atomic E-state index is 10.6. The lowest BCUT2D eigenvalue weighted by Gasteiger charge is -2.32. The molecule has 0 unspecified atom stereocenters. The quantitative estimate of drug-likeness (QED) is 0.788. The van der Waals surface area contributed by atoms with Gasteiger partial charge >= 0.3 is 0 Å². The molecule has 2 rings (SSSR count). The van der Waals surface area contributed by atoms with Gasteiger partial charge in [0, 0.05) is 19.1 Å². The van der Waals surface area contributed by atoms with Crippen molar-refractivity contribution < 1.29 is 20.1 Å². The summed E-state index contributed by atoms with van der Waals surface area (Å²) in [4.78, 5) is 0. The molecule has 0 aliphatic heterocycles. The Morgan fingerprint density at radius 3 is 2.30 bits per heavy atom. The lowest BCUT2D eigenvalue weighted by Crippen LogP contribution is -2.44. The Balaban J connectivity index is 2.67. The molecule has 0 amide bonds. The van der Waals surface area contributed by atoms with E-state index in [1.54, 1.807) is 21.0 Å². The third-order valence-corrected chi connectivity index (χ3v) is 4.86. The molecule has 2 atom stereocenters. The molecule has 1 aliphatic carbocycles. The van der Waals surface area contributed by atoms with Crippen molar-refractivity contribution in [3.05, 3.63) is 27.8 Å². The summed E-state index contributed by atoms with van der Waals surface area (Å²) >= 11 is 0. The fourth-order valence-electron chi connectivity index (χ4n) is 3.23. The van der Waals surface area contributed by atoms with Gasteiger partial charge in [-0.2, -0.15) is 0 Å². The lowest BCUT2D eigenvalue weighted by molar-refractivity contribution is -0.123. The van der Waals surface area contributed by atoms with Gasteiger partial charge in [0.05, 0.1) is 12.2 Å². The predicted molar refractivity (Wildman–Crippen MR) is 77.1 cm³/mol. The van der Waals surface area contributed by atoms with Gasteiger partial charge in [0.1, 0.15) is 11.4 Å². The Morgan fingerprint density at radius 1 is 1.15 bits per heavy atom. The zero-order valence-electron chi connectivity index (χ0n) is 12.9. The Bertz CT molecular complexity index is 544. The number of fused-ring (bicyclic) bond motifs is 1. The maximum Gasteiger partial charge on any atom is 0.125 e. The minimum atomic E-state index is -1.44. The van der Waals surface area contributed by atoms with Crippen molar-refractivity contribution in [3.63, 3.8) is 0 Å². The standard InChI is InChI=1S/C16H24O4/c1-9-11(6-7-20-5)10(2)14(17)13-12(9)8-15(3,18)16(13,4)19/h17-19H,6-8H2,1-5H3/t15-,16+/m1/s1.